The minimum Gasteiger partial charge on any atom is -0.456 e. The van der Waals surface area contributed by atoms with Gasteiger partial charge in [-0.15, -0.1) is 22.7 Å². The molecule has 0 amide bonds. The molecule has 0 radical (unpaired) electrons. The van der Waals surface area contributed by atoms with E-state index in [2.05, 4.69) is 109 Å². The van der Waals surface area contributed by atoms with Crippen LogP contribution in [0.3, 0.4) is 0 Å². The van der Waals surface area contributed by atoms with Gasteiger partial charge in [0.15, 0.2) is 17.5 Å². The van der Waals surface area contributed by atoms with E-state index in [-0.39, 0.29) is 0 Å². The van der Waals surface area contributed by atoms with Crippen molar-refractivity contribution in [1.82, 2.24) is 19.9 Å². The van der Waals surface area contributed by atoms with E-state index >= 15 is 0 Å². The average Bonchev–Trinajstić information content (AvgIpc) is 3.94. The van der Waals surface area contributed by atoms with Gasteiger partial charge in [-0.3, -0.25) is 0 Å². The lowest BCUT2D eigenvalue weighted by Crippen LogP contribution is -2.00. The summed E-state index contributed by atoms with van der Waals surface area (Å²) in [6, 6.07) is 54.5. The number of fused-ring (bicyclic) bond motifs is 7. The molecule has 0 bridgehead atoms. The Morgan fingerprint density at radius 1 is 0.396 bits per heavy atom. The third-order valence-electron chi connectivity index (χ3n) is 9.81. The zero-order chi connectivity index (χ0) is 34.9. The molecule has 0 saturated carbocycles. The van der Waals surface area contributed by atoms with Gasteiger partial charge in [-0.05, 0) is 53.6 Å². The number of thiazole rings is 1. The number of benzene rings is 7. The second-order valence-electron chi connectivity index (χ2n) is 13.0. The Bertz CT molecular complexity index is 3150. The van der Waals surface area contributed by atoms with Crippen molar-refractivity contribution < 1.29 is 4.42 Å². The highest BCUT2D eigenvalue weighted by atomic mass is 32.1. The van der Waals surface area contributed by atoms with Crippen molar-refractivity contribution in [1.29, 1.82) is 0 Å². The number of hydrogen-bond acceptors (Lipinski definition) is 7. The normalized spacial score (nSPS) is 11.8. The summed E-state index contributed by atoms with van der Waals surface area (Å²) in [5.41, 5.74) is 8.77. The predicted octanol–water partition coefficient (Wildman–Crippen LogP) is 13.1. The fourth-order valence-electron chi connectivity index (χ4n) is 7.25. The number of para-hydroxylation sites is 1. The molecule has 0 aliphatic rings. The predicted molar refractivity (Wildman–Crippen MR) is 220 cm³/mol. The second-order valence-corrected chi connectivity index (χ2v) is 15.1. The van der Waals surface area contributed by atoms with Gasteiger partial charge in [-0.25, -0.2) is 19.9 Å². The molecule has 5 nitrogen and oxygen atoms in total. The highest BCUT2D eigenvalue weighted by Gasteiger charge is 2.20. The van der Waals surface area contributed by atoms with E-state index in [4.69, 9.17) is 24.4 Å². The first-order chi connectivity index (χ1) is 26.2. The molecular formula is C46H26N4OS2. The van der Waals surface area contributed by atoms with E-state index in [0.717, 1.165) is 70.5 Å². The van der Waals surface area contributed by atoms with Crippen molar-refractivity contribution in [3.8, 4) is 55.9 Å². The maximum Gasteiger partial charge on any atom is 0.165 e. The smallest absolute Gasteiger partial charge is 0.165 e. The summed E-state index contributed by atoms with van der Waals surface area (Å²) in [6.45, 7) is 0. The number of furan rings is 1. The molecule has 0 spiro atoms. The summed E-state index contributed by atoms with van der Waals surface area (Å²) in [5, 5.41) is 5.47. The summed E-state index contributed by atoms with van der Waals surface area (Å²) in [6.07, 6.45) is 0. The van der Waals surface area contributed by atoms with Crippen molar-refractivity contribution in [3.63, 3.8) is 0 Å². The monoisotopic (exact) mass is 714 g/mol. The van der Waals surface area contributed by atoms with Gasteiger partial charge >= 0.3 is 0 Å². The quantitative estimate of drug-likeness (QED) is 0.178. The van der Waals surface area contributed by atoms with E-state index in [1.807, 2.05) is 48.5 Å². The van der Waals surface area contributed by atoms with Gasteiger partial charge in [-0.1, -0.05) is 115 Å². The minimum absolute atomic E-state index is 0.606. The van der Waals surface area contributed by atoms with Crippen LogP contribution in [0.1, 0.15) is 0 Å². The molecule has 7 aromatic carbocycles. The first-order valence-electron chi connectivity index (χ1n) is 17.4. The van der Waals surface area contributed by atoms with E-state index in [1.54, 1.807) is 22.7 Å². The zero-order valence-electron chi connectivity index (χ0n) is 28.0. The summed E-state index contributed by atoms with van der Waals surface area (Å²) in [7, 11) is 0. The molecule has 11 aromatic rings. The molecule has 4 aromatic heterocycles. The molecule has 0 atom stereocenters. The van der Waals surface area contributed by atoms with E-state index in [9.17, 15) is 0 Å². The summed E-state index contributed by atoms with van der Waals surface area (Å²) in [5.74, 6) is 1.88. The first kappa shape index (κ1) is 30.1. The van der Waals surface area contributed by atoms with Crippen LogP contribution in [0, 0.1) is 0 Å². The van der Waals surface area contributed by atoms with E-state index in [1.165, 1.54) is 20.2 Å². The molecule has 0 unspecified atom stereocenters. The van der Waals surface area contributed by atoms with Gasteiger partial charge in [0.2, 0.25) is 0 Å². The van der Waals surface area contributed by atoms with E-state index in [0.29, 0.717) is 17.5 Å². The lowest BCUT2D eigenvalue weighted by molar-refractivity contribution is 0.669. The Morgan fingerprint density at radius 3 is 1.94 bits per heavy atom. The van der Waals surface area contributed by atoms with Crippen LogP contribution in [0.15, 0.2) is 162 Å². The molecule has 248 valence electrons. The molecular weight excluding hydrogens is 689 g/mol. The number of rotatable bonds is 5. The molecule has 11 rings (SSSR count). The van der Waals surface area contributed by atoms with Gasteiger partial charge in [0, 0.05) is 53.2 Å². The molecule has 4 heterocycles. The standard InChI is InChI=1S/C46H26N4OS2/c1-2-10-28(11-3-1)43-48-44(50-45(49-43)35-15-8-13-32-31-12-4-6-18-39(31)52-42(32)35)34-14-9-17-37-41(34)33-25-24-30(26-38(33)51-37)27-20-22-29(23-21-27)46-47-36-16-5-7-19-40(36)53-46/h1-26H. The van der Waals surface area contributed by atoms with Crippen LogP contribution >= 0.6 is 22.7 Å². The molecule has 0 fully saturated rings. The first-order valence-corrected chi connectivity index (χ1v) is 19.0. The fraction of sp³-hybridized carbons (Fsp3) is 0. The third kappa shape index (κ3) is 5.04. The Kier molecular flexibility index (Phi) is 6.83. The number of thiophene rings is 1. The molecule has 0 N–H and O–H groups in total. The lowest BCUT2D eigenvalue weighted by Gasteiger charge is -2.10. The van der Waals surface area contributed by atoms with Crippen LogP contribution in [0.4, 0.5) is 0 Å². The average molecular weight is 715 g/mol. The second kappa shape index (κ2) is 12.0. The van der Waals surface area contributed by atoms with Crippen molar-refractivity contribution in [2.45, 2.75) is 0 Å². The number of aromatic nitrogens is 4. The van der Waals surface area contributed by atoms with Crippen LogP contribution in [0.2, 0.25) is 0 Å². The van der Waals surface area contributed by atoms with Gasteiger partial charge in [0.25, 0.3) is 0 Å². The Morgan fingerprint density at radius 2 is 1.08 bits per heavy atom. The SMILES string of the molecule is c1ccc(-c2nc(-c3cccc4c3sc3ccccc34)nc(-c3cccc4oc5cc(-c6ccc(-c7nc8ccccc8s7)cc6)ccc5c34)n2)cc1. The van der Waals surface area contributed by atoms with Crippen LogP contribution in [-0.4, -0.2) is 19.9 Å². The topological polar surface area (TPSA) is 64.7 Å². The maximum atomic E-state index is 6.55. The van der Waals surface area contributed by atoms with Crippen LogP contribution < -0.4 is 0 Å². The summed E-state index contributed by atoms with van der Waals surface area (Å²) < 4.78 is 10.1. The Labute approximate surface area is 311 Å². The minimum atomic E-state index is 0.606. The summed E-state index contributed by atoms with van der Waals surface area (Å²) in [4.78, 5) is 20.2. The van der Waals surface area contributed by atoms with Crippen LogP contribution in [-0.2, 0) is 0 Å². The Hall–Kier alpha value is -6.54. The number of nitrogens with zero attached hydrogens (tertiary/aromatic N) is 4. The van der Waals surface area contributed by atoms with Crippen molar-refractivity contribution >= 4 is 75.0 Å². The maximum absolute atomic E-state index is 6.55. The van der Waals surface area contributed by atoms with Crippen molar-refractivity contribution in [2.24, 2.45) is 0 Å². The molecule has 0 aliphatic carbocycles. The molecule has 0 aliphatic heterocycles. The van der Waals surface area contributed by atoms with Crippen molar-refractivity contribution in [3.05, 3.63) is 158 Å². The van der Waals surface area contributed by atoms with Crippen LogP contribution in [0.25, 0.3) is 108 Å². The van der Waals surface area contributed by atoms with Gasteiger partial charge in [0.1, 0.15) is 16.2 Å². The number of hydrogen-bond donors (Lipinski definition) is 0. The van der Waals surface area contributed by atoms with Gasteiger partial charge in [0.05, 0.1) is 10.2 Å². The van der Waals surface area contributed by atoms with Gasteiger partial charge < -0.3 is 4.42 Å². The van der Waals surface area contributed by atoms with Crippen LogP contribution in [0.5, 0.6) is 0 Å². The molecule has 53 heavy (non-hydrogen) atoms. The van der Waals surface area contributed by atoms with Gasteiger partial charge in [-0.2, -0.15) is 0 Å². The zero-order valence-corrected chi connectivity index (χ0v) is 29.7. The Balaban J connectivity index is 1.04. The lowest BCUT2D eigenvalue weighted by atomic mass is 10.0. The molecule has 7 heteroatoms. The van der Waals surface area contributed by atoms with Crippen molar-refractivity contribution in [2.75, 3.05) is 0 Å². The van der Waals surface area contributed by atoms with E-state index < -0.39 is 0 Å². The largest absolute Gasteiger partial charge is 0.456 e. The summed E-state index contributed by atoms with van der Waals surface area (Å²) >= 11 is 3.49. The fourth-order valence-corrected chi connectivity index (χ4v) is 9.43. The highest BCUT2D eigenvalue weighted by molar-refractivity contribution is 7.26. The third-order valence-corrected chi connectivity index (χ3v) is 12.1. The molecule has 0 saturated heterocycles. The highest BCUT2D eigenvalue weighted by Crippen LogP contribution is 2.41.